The molecule has 0 spiro atoms. The van der Waals surface area contributed by atoms with E-state index in [1.807, 2.05) is 25.5 Å². The van der Waals surface area contributed by atoms with E-state index in [2.05, 4.69) is 33.7 Å². The van der Waals surface area contributed by atoms with Crippen LogP contribution in [-0.2, 0) is 6.54 Å². The van der Waals surface area contributed by atoms with Gasteiger partial charge in [-0.15, -0.1) is 0 Å². The van der Waals surface area contributed by atoms with E-state index in [-0.39, 0.29) is 6.04 Å². The van der Waals surface area contributed by atoms with Crippen molar-refractivity contribution < 1.29 is 0 Å². The van der Waals surface area contributed by atoms with Gasteiger partial charge in [0.1, 0.15) is 11.3 Å². The monoisotopic (exact) mass is 218 g/mol. The molecule has 0 aliphatic heterocycles. The number of nitrogens with zero attached hydrogens (tertiary/aromatic N) is 3. The van der Waals surface area contributed by atoms with E-state index in [9.17, 15) is 0 Å². The molecule has 0 aliphatic rings. The lowest BCUT2D eigenvalue weighted by Crippen LogP contribution is -2.17. The van der Waals surface area contributed by atoms with Crippen LogP contribution in [0.15, 0.2) is 18.5 Å². The van der Waals surface area contributed by atoms with E-state index in [0.29, 0.717) is 0 Å². The summed E-state index contributed by atoms with van der Waals surface area (Å²) in [6.45, 7) is 5.31. The zero-order valence-corrected chi connectivity index (χ0v) is 10.1. The first-order valence-corrected chi connectivity index (χ1v) is 5.75. The largest absolute Gasteiger partial charge is 0.327 e. The molecule has 0 radical (unpaired) electrons. The quantitative estimate of drug-likeness (QED) is 0.854. The first kappa shape index (κ1) is 11.1. The number of rotatable bonds is 4. The van der Waals surface area contributed by atoms with Crippen molar-refractivity contribution in [3.8, 4) is 0 Å². The Kier molecular flexibility index (Phi) is 3.19. The molecule has 0 saturated heterocycles. The molecule has 1 atom stereocenters. The molecule has 86 valence electrons. The molecule has 0 amide bonds. The molecule has 2 heterocycles. The van der Waals surface area contributed by atoms with Gasteiger partial charge < -0.3 is 9.88 Å². The van der Waals surface area contributed by atoms with Crippen LogP contribution in [0.25, 0.3) is 11.0 Å². The average Bonchev–Trinajstić information content (AvgIpc) is 2.68. The van der Waals surface area contributed by atoms with Gasteiger partial charge in [-0.2, -0.15) is 0 Å². The predicted molar refractivity (Wildman–Crippen MR) is 65.3 cm³/mol. The van der Waals surface area contributed by atoms with Gasteiger partial charge in [0.25, 0.3) is 0 Å². The van der Waals surface area contributed by atoms with Crippen LogP contribution >= 0.6 is 0 Å². The van der Waals surface area contributed by atoms with Crippen LogP contribution < -0.4 is 5.32 Å². The van der Waals surface area contributed by atoms with Crippen molar-refractivity contribution in [1.82, 2.24) is 19.9 Å². The van der Waals surface area contributed by atoms with Crippen molar-refractivity contribution in [3.63, 3.8) is 0 Å². The summed E-state index contributed by atoms with van der Waals surface area (Å²) in [6.07, 6.45) is 4.76. The van der Waals surface area contributed by atoms with Gasteiger partial charge in [-0.05, 0) is 26.5 Å². The second kappa shape index (κ2) is 4.61. The summed E-state index contributed by atoms with van der Waals surface area (Å²) in [5.74, 6) is 1.09. The first-order chi connectivity index (χ1) is 7.77. The zero-order chi connectivity index (χ0) is 11.5. The molecule has 4 heteroatoms. The molecule has 2 rings (SSSR count). The molecule has 1 N–H and O–H groups in total. The van der Waals surface area contributed by atoms with Gasteiger partial charge >= 0.3 is 0 Å². The third kappa shape index (κ3) is 1.80. The molecule has 2 aromatic rings. The Morgan fingerprint density at radius 2 is 2.31 bits per heavy atom. The maximum atomic E-state index is 4.64. The van der Waals surface area contributed by atoms with Crippen molar-refractivity contribution in [1.29, 1.82) is 0 Å². The topological polar surface area (TPSA) is 42.7 Å². The van der Waals surface area contributed by atoms with Crippen LogP contribution in [0.4, 0.5) is 0 Å². The van der Waals surface area contributed by atoms with Crippen molar-refractivity contribution in [2.75, 3.05) is 7.05 Å². The zero-order valence-electron chi connectivity index (χ0n) is 10.1. The minimum absolute atomic E-state index is 0.263. The number of aromatic nitrogens is 3. The van der Waals surface area contributed by atoms with Crippen LogP contribution in [0.5, 0.6) is 0 Å². The van der Waals surface area contributed by atoms with Gasteiger partial charge in [0.15, 0.2) is 0 Å². The van der Waals surface area contributed by atoms with E-state index < -0.39 is 0 Å². The van der Waals surface area contributed by atoms with Crippen LogP contribution in [-0.4, -0.2) is 21.6 Å². The molecule has 0 fully saturated rings. The van der Waals surface area contributed by atoms with E-state index in [4.69, 9.17) is 0 Å². The first-order valence-electron chi connectivity index (χ1n) is 5.75. The highest BCUT2D eigenvalue weighted by molar-refractivity contribution is 5.74. The molecule has 2 aromatic heterocycles. The standard InChI is InChI=1S/C12H18N4/c1-4-7-16-11-5-6-14-8-10(11)15-12(16)9(2)13-3/h5-6,8-9,13H,4,7H2,1-3H3. The summed E-state index contributed by atoms with van der Waals surface area (Å²) in [6, 6.07) is 2.29. The SMILES string of the molecule is CCCn1c(C(C)NC)nc2cnccc21. The number of nitrogens with one attached hydrogen (secondary N) is 1. The summed E-state index contributed by atoms with van der Waals surface area (Å²) in [5, 5.41) is 3.24. The van der Waals surface area contributed by atoms with Gasteiger partial charge in [0, 0.05) is 12.7 Å². The second-order valence-electron chi connectivity index (χ2n) is 4.00. The minimum atomic E-state index is 0.263. The molecular weight excluding hydrogens is 200 g/mol. The lowest BCUT2D eigenvalue weighted by molar-refractivity contribution is 0.554. The summed E-state index contributed by atoms with van der Waals surface area (Å²) in [4.78, 5) is 8.76. The molecule has 0 aliphatic carbocycles. The van der Waals surface area contributed by atoms with Crippen molar-refractivity contribution >= 4 is 11.0 Å². The summed E-state index contributed by atoms with van der Waals surface area (Å²) >= 11 is 0. The third-order valence-electron chi connectivity index (χ3n) is 2.85. The predicted octanol–water partition coefficient (Wildman–Crippen LogP) is 2.12. The van der Waals surface area contributed by atoms with E-state index in [1.54, 1.807) is 0 Å². The molecule has 0 saturated carbocycles. The number of pyridine rings is 1. The maximum absolute atomic E-state index is 4.64. The fourth-order valence-corrected chi connectivity index (χ4v) is 1.92. The summed E-state index contributed by atoms with van der Waals surface area (Å²) in [5.41, 5.74) is 2.15. The lowest BCUT2D eigenvalue weighted by Gasteiger charge is -2.12. The highest BCUT2D eigenvalue weighted by Gasteiger charge is 2.14. The lowest BCUT2D eigenvalue weighted by atomic mass is 10.3. The van der Waals surface area contributed by atoms with Crippen LogP contribution in [0, 0.1) is 0 Å². The van der Waals surface area contributed by atoms with Crippen molar-refractivity contribution in [2.45, 2.75) is 32.9 Å². The molecule has 1 unspecified atom stereocenters. The number of aryl methyl sites for hydroxylation is 1. The molecule has 4 nitrogen and oxygen atoms in total. The van der Waals surface area contributed by atoms with Crippen LogP contribution in [0.3, 0.4) is 0 Å². The number of fused-ring (bicyclic) bond motifs is 1. The second-order valence-corrected chi connectivity index (χ2v) is 4.00. The molecule has 16 heavy (non-hydrogen) atoms. The Labute approximate surface area is 95.7 Å². The van der Waals surface area contributed by atoms with Crippen LogP contribution in [0.2, 0.25) is 0 Å². The molecule has 0 aromatic carbocycles. The number of imidazole rings is 1. The van der Waals surface area contributed by atoms with Crippen molar-refractivity contribution in [3.05, 3.63) is 24.3 Å². The molecule has 0 bridgehead atoms. The minimum Gasteiger partial charge on any atom is -0.327 e. The Morgan fingerprint density at radius 1 is 1.50 bits per heavy atom. The highest BCUT2D eigenvalue weighted by Crippen LogP contribution is 2.20. The average molecular weight is 218 g/mol. The van der Waals surface area contributed by atoms with E-state index in [0.717, 1.165) is 24.3 Å². The van der Waals surface area contributed by atoms with Crippen molar-refractivity contribution in [2.24, 2.45) is 0 Å². The fraction of sp³-hybridized carbons (Fsp3) is 0.500. The van der Waals surface area contributed by atoms with E-state index in [1.165, 1.54) is 5.52 Å². The van der Waals surface area contributed by atoms with Gasteiger partial charge in [-0.3, -0.25) is 4.98 Å². The summed E-state index contributed by atoms with van der Waals surface area (Å²) < 4.78 is 2.28. The third-order valence-corrected chi connectivity index (χ3v) is 2.85. The summed E-state index contributed by atoms with van der Waals surface area (Å²) in [7, 11) is 1.96. The van der Waals surface area contributed by atoms with Crippen LogP contribution in [0.1, 0.15) is 32.1 Å². The maximum Gasteiger partial charge on any atom is 0.126 e. The highest BCUT2D eigenvalue weighted by atomic mass is 15.1. The van der Waals surface area contributed by atoms with Gasteiger partial charge in [0.05, 0.1) is 17.8 Å². The Balaban J connectivity index is 2.58. The molecular formula is C12H18N4. The Bertz CT molecular complexity index is 475. The number of hydrogen-bond acceptors (Lipinski definition) is 3. The van der Waals surface area contributed by atoms with Gasteiger partial charge in [-0.25, -0.2) is 4.98 Å². The normalized spacial score (nSPS) is 13.2. The van der Waals surface area contributed by atoms with Gasteiger partial charge in [0.2, 0.25) is 0 Å². The van der Waals surface area contributed by atoms with Gasteiger partial charge in [-0.1, -0.05) is 6.92 Å². The fourth-order valence-electron chi connectivity index (χ4n) is 1.92. The smallest absolute Gasteiger partial charge is 0.126 e. The Hall–Kier alpha value is -1.42. The Morgan fingerprint density at radius 3 is 3.00 bits per heavy atom. The number of hydrogen-bond donors (Lipinski definition) is 1. The van der Waals surface area contributed by atoms with E-state index >= 15 is 0 Å².